The van der Waals surface area contributed by atoms with Crippen LogP contribution >= 0.6 is 0 Å². The van der Waals surface area contributed by atoms with Crippen molar-refractivity contribution in [2.45, 2.75) is 12.8 Å². The highest BCUT2D eigenvalue weighted by Crippen LogP contribution is 2.09. The number of unbranched alkanes of at least 4 members (excludes halogenated alkanes) is 1. The average Bonchev–Trinajstić information content (AvgIpc) is 2.50. The van der Waals surface area contributed by atoms with Gasteiger partial charge in [0.05, 0.1) is 12.9 Å². The topological polar surface area (TPSA) is 42.6 Å². The van der Waals surface area contributed by atoms with Gasteiger partial charge in [-0.05, 0) is 12.8 Å². The van der Waals surface area contributed by atoms with Crippen LogP contribution in [-0.4, -0.2) is 18.3 Å². The molecule has 0 fully saturated rings. The Labute approximate surface area is 65.6 Å². The van der Waals surface area contributed by atoms with Crippen molar-refractivity contribution < 1.29 is 14.3 Å². The minimum atomic E-state index is 0.231. The third-order valence-corrected chi connectivity index (χ3v) is 1.32. The Hall–Kier alpha value is -0.960. The standard InChI is InChI=1S/C8H12O3/c9-4-1-2-5-11-8-3-6-10-7-8/h3,6-7,9H,1-2,4-5H2. The van der Waals surface area contributed by atoms with Gasteiger partial charge in [0.25, 0.3) is 0 Å². The minimum absolute atomic E-state index is 0.231. The second-order valence-corrected chi connectivity index (χ2v) is 2.24. The van der Waals surface area contributed by atoms with Crippen molar-refractivity contribution in [1.29, 1.82) is 0 Å². The lowest BCUT2D eigenvalue weighted by molar-refractivity contribution is 0.252. The van der Waals surface area contributed by atoms with Gasteiger partial charge in [-0.3, -0.25) is 0 Å². The van der Waals surface area contributed by atoms with E-state index in [4.69, 9.17) is 14.3 Å². The van der Waals surface area contributed by atoms with E-state index >= 15 is 0 Å². The Morgan fingerprint density at radius 1 is 1.45 bits per heavy atom. The van der Waals surface area contributed by atoms with Crippen LogP contribution in [0.1, 0.15) is 12.8 Å². The number of aliphatic hydroxyl groups is 1. The van der Waals surface area contributed by atoms with Crippen LogP contribution in [0.2, 0.25) is 0 Å². The first-order chi connectivity index (χ1) is 5.43. The molecule has 11 heavy (non-hydrogen) atoms. The van der Waals surface area contributed by atoms with Gasteiger partial charge in [-0.25, -0.2) is 0 Å². The smallest absolute Gasteiger partial charge is 0.157 e. The first-order valence-electron chi connectivity index (χ1n) is 3.69. The molecule has 62 valence electrons. The van der Waals surface area contributed by atoms with Crippen molar-refractivity contribution in [1.82, 2.24) is 0 Å². The normalized spacial score (nSPS) is 9.91. The van der Waals surface area contributed by atoms with Gasteiger partial charge in [0.15, 0.2) is 5.75 Å². The second kappa shape index (κ2) is 4.79. The lowest BCUT2D eigenvalue weighted by Crippen LogP contribution is -1.97. The fourth-order valence-electron chi connectivity index (χ4n) is 0.738. The maximum atomic E-state index is 8.45. The molecule has 1 aromatic rings. The summed E-state index contributed by atoms with van der Waals surface area (Å²) in [7, 11) is 0. The molecule has 0 atom stereocenters. The van der Waals surface area contributed by atoms with E-state index < -0.39 is 0 Å². The monoisotopic (exact) mass is 156 g/mol. The van der Waals surface area contributed by atoms with Gasteiger partial charge >= 0.3 is 0 Å². The summed E-state index contributed by atoms with van der Waals surface area (Å²) in [6.07, 6.45) is 4.79. The summed E-state index contributed by atoms with van der Waals surface area (Å²) in [6, 6.07) is 1.76. The zero-order valence-corrected chi connectivity index (χ0v) is 6.32. The molecule has 0 unspecified atom stereocenters. The van der Waals surface area contributed by atoms with Gasteiger partial charge in [0.2, 0.25) is 0 Å². The van der Waals surface area contributed by atoms with Crippen LogP contribution in [0.3, 0.4) is 0 Å². The number of hydrogen-bond donors (Lipinski definition) is 1. The Morgan fingerprint density at radius 2 is 2.36 bits per heavy atom. The van der Waals surface area contributed by atoms with Crippen molar-refractivity contribution in [2.75, 3.05) is 13.2 Å². The Bertz CT molecular complexity index is 169. The Kier molecular flexibility index (Phi) is 3.55. The van der Waals surface area contributed by atoms with Crippen LogP contribution in [0.25, 0.3) is 0 Å². The molecule has 0 bridgehead atoms. The molecule has 0 spiro atoms. The van der Waals surface area contributed by atoms with Gasteiger partial charge in [-0.15, -0.1) is 0 Å². The minimum Gasteiger partial charge on any atom is -0.490 e. The van der Waals surface area contributed by atoms with Crippen molar-refractivity contribution in [3.63, 3.8) is 0 Å². The molecule has 3 heteroatoms. The molecule has 0 saturated carbocycles. The van der Waals surface area contributed by atoms with Crippen LogP contribution in [0.15, 0.2) is 23.0 Å². The van der Waals surface area contributed by atoms with Crippen LogP contribution in [0.4, 0.5) is 0 Å². The largest absolute Gasteiger partial charge is 0.490 e. The number of furan rings is 1. The summed E-state index contributed by atoms with van der Waals surface area (Å²) in [6.45, 7) is 0.870. The molecule has 0 aliphatic rings. The number of aliphatic hydroxyl groups excluding tert-OH is 1. The quantitative estimate of drug-likeness (QED) is 0.656. The van der Waals surface area contributed by atoms with E-state index in [1.165, 1.54) is 0 Å². The number of hydrogen-bond acceptors (Lipinski definition) is 3. The van der Waals surface area contributed by atoms with Crippen LogP contribution in [0, 0.1) is 0 Å². The summed E-state index contributed by atoms with van der Waals surface area (Å²) in [5.41, 5.74) is 0. The van der Waals surface area contributed by atoms with Crippen LogP contribution in [-0.2, 0) is 0 Å². The predicted molar refractivity (Wildman–Crippen MR) is 40.5 cm³/mol. The zero-order valence-electron chi connectivity index (χ0n) is 6.32. The molecule has 0 aromatic carbocycles. The maximum Gasteiger partial charge on any atom is 0.157 e. The van der Waals surface area contributed by atoms with Gasteiger partial charge in [-0.2, -0.15) is 0 Å². The third kappa shape index (κ3) is 3.09. The number of rotatable bonds is 5. The molecular formula is C8H12O3. The first-order valence-corrected chi connectivity index (χ1v) is 3.69. The van der Waals surface area contributed by atoms with Crippen molar-refractivity contribution in [2.24, 2.45) is 0 Å². The highest BCUT2D eigenvalue weighted by Gasteiger charge is 1.92. The fraction of sp³-hybridized carbons (Fsp3) is 0.500. The van der Waals surface area contributed by atoms with Gasteiger partial charge in [-0.1, -0.05) is 0 Å². The van der Waals surface area contributed by atoms with Crippen molar-refractivity contribution in [3.05, 3.63) is 18.6 Å². The van der Waals surface area contributed by atoms with E-state index in [1.54, 1.807) is 18.6 Å². The van der Waals surface area contributed by atoms with E-state index in [0.717, 1.165) is 18.6 Å². The maximum absolute atomic E-state index is 8.45. The predicted octanol–water partition coefficient (Wildman–Crippen LogP) is 1.43. The summed E-state index contributed by atoms with van der Waals surface area (Å²) in [4.78, 5) is 0. The van der Waals surface area contributed by atoms with E-state index in [9.17, 15) is 0 Å². The van der Waals surface area contributed by atoms with Crippen molar-refractivity contribution >= 4 is 0 Å². The third-order valence-electron chi connectivity index (χ3n) is 1.32. The SMILES string of the molecule is OCCCCOc1ccoc1. The molecule has 1 aromatic heterocycles. The van der Waals surface area contributed by atoms with E-state index in [0.29, 0.717) is 6.61 Å². The van der Waals surface area contributed by atoms with Gasteiger partial charge in [0.1, 0.15) is 6.26 Å². The molecule has 0 saturated heterocycles. The number of ether oxygens (including phenoxy) is 1. The van der Waals surface area contributed by atoms with Crippen LogP contribution < -0.4 is 4.74 Å². The fourth-order valence-corrected chi connectivity index (χ4v) is 0.738. The first kappa shape index (κ1) is 8.14. The average molecular weight is 156 g/mol. The summed E-state index contributed by atoms with van der Waals surface area (Å²) < 4.78 is 10.0. The summed E-state index contributed by atoms with van der Waals surface area (Å²) in [5.74, 6) is 0.753. The molecule has 1 N–H and O–H groups in total. The van der Waals surface area contributed by atoms with Crippen LogP contribution in [0.5, 0.6) is 5.75 Å². The highest BCUT2D eigenvalue weighted by molar-refractivity contribution is 5.12. The Morgan fingerprint density at radius 3 is 3.00 bits per heavy atom. The lowest BCUT2D eigenvalue weighted by Gasteiger charge is -2.00. The van der Waals surface area contributed by atoms with Gasteiger partial charge < -0.3 is 14.3 Å². The molecule has 1 heterocycles. The molecule has 0 aliphatic heterocycles. The Balaban J connectivity index is 2.04. The molecular weight excluding hydrogens is 144 g/mol. The van der Waals surface area contributed by atoms with E-state index in [-0.39, 0.29) is 6.61 Å². The zero-order chi connectivity index (χ0) is 7.94. The van der Waals surface area contributed by atoms with E-state index in [2.05, 4.69) is 0 Å². The molecule has 3 nitrogen and oxygen atoms in total. The molecule has 0 aliphatic carbocycles. The summed E-state index contributed by atoms with van der Waals surface area (Å²) >= 11 is 0. The second-order valence-electron chi connectivity index (χ2n) is 2.24. The molecule has 0 radical (unpaired) electrons. The molecule has 1 rings (SSSR count). The van der Waals surface area contributed by atoms with Gasteiger partial charge in [0, 0.05) is 12.7 Å². The summed E-state index contributed by atoms with van der Waals surface area (Å²) in [5, 5.41) is 8.45. The highest BCUT2D eigenvalue weighted by atomic mass is 16.5. The van der Waals surface area contributed by atoms with Crippen molar-refractivity contribution in [3.8, 4) is 5.75 Å². The lowest BCUT2D eigenvalue weighted by atomic mass is 10.3. The molecule has 0 amide bonds. The van der Waals surface area contributed by atoms with E-state index in [1.807, 2.05) is 0 Å².